The van der Waals surface area contributed by atoms with Crippen molar-refractivity contribution in [1.82, 2.24) is 0 Å². The number of Topliss-reactive ketones (excluding diaryl/α,β-unsaturated/α-hetero) is 1. The van der Waals surface area contributed by atoms with Gasteiger partial charge in [-0.1, -0.05) is 29.8 Å². The Hall–Kier alpha value is -3.59. The van der Waals surface area contributed by atoms with Crippen LogP contribution in [0, 0.1) is 16.0 Å². The largest absolute Gasteiger partial charge is 0.293 e. The van der Waals surface area contributed by atoms with Crippen molar-refractivity contribution in [3.63, 3.8) is 0 Å². The van der Waals surface area contributed by atoms with Gasteiger partial charge in [0, 0.05) is 18.0 Å². The highest BCUT2D eigenvalue weighted by molar-refractivity contribution is 6.49. The average Bonchev–Trinajstić information content (AvgIpc) is 3.19. The molecule has 2 unspecified atom stereocenters. The lowest BCUT2D eigenvalue weighted by Gasteiger charge is -2.22. The van der Waals surface area contributed by atoms with Crippen LogP contribution in [0.4, 0.5) is 17.1 Å². The van der Waals surface area contributed by atoms with Gasteiger partial charge in [-0.2, -0.15) is 5.10 Å². The van der Waals surface area contributed by atoms with Gasteiger partial charge in [0.1, 0.15) is 23.4 Å². The van der Waals surface area contributed by atoms with Crippen LogP contribution >= 0.6 is 11.6 Å². The van der Waals surface area contributed by atoms with E-state index in [0.29, 0.717) is 10.7 Å². The molecule has 0 aliphatic carbocycles. The molecular weight excluding hydrogens is 400 g/mol. The third kappa shape index (κ3) is 2.87. The second-order valence-electron chi connectivity index (χ2n) is 6.55. The number of nitrogens with zero attached hydrogens (tertiary/aromatic N) is 4. The summed E-state index contributed by atoms with van der Waals surface area (Å²) in [7, 11) is 0. The van der Waals surface area contributed by atoms with Crippen LogP contribution in [-0.2, 0) is 14.4 Å². The molecule has 2 amide bonds. The highest BCUT2D eigenvalue weighted by Crippen LogP contribution is 2.40. The van der Waals surface area contributed by atoms with Crippen LogP contribution in [0.15, 0.2) is 53.6 Å². The van der Waals surface area contributed by atoms with Gasteiger partial charge in [0.05, 0.1) is 10.6 Å². The molecule has 0 saturated carbocycles. The Balaban J connectivity index is 1.84. The molecule has 0 bridgehead atoms. The molecule has 1 saturated heterocycles. The van der Waals surface area contributed by atoms with Crippen molar-refractivity contribution >= 4 is 52.0 Å². The number of hydrogen-bond acceptors (Lipinski definition) is 7. The minimum Gasteiger partial charge on any atom is -0.293 e. The number of halogens is 1. The Morgan fingerprint density at radius 1 is 1.14 bits per heavy atom. The number of hydrogen-bond donors (Lipinski definition) is 0. The first-order valence-corrected chi connectivity index (χ1v) is 8.94. The number of hydrazone groups is 1. The third-order valence-corrected chi connectivity index (χ3v) is 5.04. The highest BCUT2D eigenvalue weighted by Gasteiger charge is 2.58. The second-order valence-corrected chi connectivity index (χ2v) is 6.98. The first-order chi connectivity index (χ1) is 13.8. The molecule has 4 rings (SSSR count). The van der Waals surface area contributed by atoms with Crippen LogP contribution in [0.5, 0.6) is 0 Å². The van der Waals surface area contributed by atoms with Gasteiger partial charge in [-0.3, -0.25) is 29.5 Å². The van der Waals surface area contributed by atoms with E-state index in [-0.39, 0.29) is 17.1 Å². The first-order valence-electron chi connectivity index (χ1n) is 8.56. The van der Waals surface area contributed by atoms with Crippen molar-refractivity contribution in [1.29, 1.82) is 0 Å². The molecule has 2 aromatic carbocycles. The number of amides is 2. The van der Waals surface area contributed by atoms with Crippen LogP contribution in [0.3, 0.4) is 0 Å². The third-order valence-electron chi connectivity index (χ3n) is 4.80. The number of nitro benzene ring substituents is 1. The van der Waals surface area contributed by atoms with Crippen LogP contribution in [0.25, 0.3) is 0 Å². The minimum atomic E-state index is -1.15. The monoisotopic (exact) mass is 412 g/mol. The van der Waals surface area contributed by atoms with Crippen molar-refractivity contribution in [3.8, 4) is 0 Å². The van der Waals surface area contributed by atoms with Gasteiger partial charge in [-0.25, -0.2) is 4.90 Å². The van der Waals surface area contributed by atoms with E-state index in [2.05, 4.69) is 5.10 Å². The van der Waals surface area contributed by atoms with Crippen molar-refractivity contribution in [2.45, 2.75) is 13.0 Å². The number of rotatable bonds is 4. The number of benzene rings is 2. The Morgan fingerprint density at radius 3 is 2.52 bits per heavy atom. The molecule has 0 radical (unpaired) electrons. The van der Waals surface area contributed by atoms with Crippen LogP contribution in [0.2, 0.25) is 5.02 Å². The zero-order valence-electron chi connectivity index (χ0n) is 15.0. The summed E-state index contributed by atoms with van der Waals surface area (Å²) in [6.07, 6.45) is 0. The lowest BCUT2D eigenvalue weighted by molar-refractivity contribution is -0.384. The molecule has 2 aliphatic rings. The maximum absolute atomic E-state index is 13.2. The van der Waals surface area contributed by atoms with E-state index in [0.717, 1.165) is 4.90 Å². The summed E-state index contributed by atoms with van der Waals surface area (Å²) in [6.45, 7) is 1.25. The average molecular weight is 413 g/mol. The number of imide groups is 1. The molecule has 2 atom stereocenters. The summed E-state index contributed by atoms with van der Waals surface area (Å²) < 4.78 is 0. The van der Waals surface area contributed by atoms with E-state index < -0.39 is 34.5 Å². The fourth-order valence-corrected chi connectivity index (χ4v) is 3.77. The summed E-state index contributed by atoms with van der Waals surface area (Å²) in [5, 5.41) is 17.3. The molecule has 9 nitrogen and oxygen atoms in total. The lowest BCUT2D eigenvalue weighted by Crippen LogP contribution is -2.39. The van der Waals surface area contributed by atoms with E-state index >= 15 is 0 Å². The standard InChI is InChI=1S/C19H13ClN4O5/c1-10(25)16-15-17(23(21-16)12-6-4-5-11(20)9-12)19(27)22(18(15)26)13-7-2-3-8-14(13)24(28)29/h2-9,15,17H,1H3. The molecular formula is C19H13ClN4O5. The SMILES string of the molecule is CC(=O)C1=NN(c2cccc(Cl)c2)C2C(=O)N(c3ccccc3[N+](=O)[O-])C(=O)C12. The predicted octanol–water partition coefficient (Wildman–Crippen LogP) is 2.57. The molecule has 0 aromatic heterocycles. The van der Waals surface area contributed by atoms with Gasteiger partial charge in [0.25, 0.3) is 11.6 Å². The Labute approximate surface area is 169 Å². The van der Waals surface area contributed by atoms with Gasteiger partial charge >= 0.3 is 0 Å². The maximum atomic E-state index is 13.2. The van der Waals surface area contributed by atoms with E-state index in [1.54, 1.807) is 24.3 Å². The molecule has 2 aromatic rings. The predicted molar refractivity (Wildman–Crippen MR) is 105 cm³/mol. The van der Waals surface area contributed by atoms with Crippen LogP contribution in [-0.4, -0.2) is 34.3 Å². The number of carbonyl (C=O) groups excluding carboxylic acids is 3. The topological polar surface area (TPSA) is 113 Å². The molecule has 0 spiro atoms. The Kier molecular flexibility index (Phi) is 4.39. The number of carbonyl (C=O) groups is 3. The van der Waals surface area contributed by atoms with Crippen molar-refractivity contribution in [2.24, 2.45) is 11.0 Å². The maximum Gasteiger partial charge on any atom is 0.293 e. The fraction of sp³-hybridized carbons (Fsp3) is 0.158. The number of ketones is 1. The molecule has 0 N–H and O–H groups in total. The zero-order valence-corrected chi connectivity index (χ0v) is 15.7. The van der Waals surface area contributed by atoms with E-state index in [1.807, 2.05) is 0 Å². The van der Waals surface area contributed by atoms with Crippen LogP contribution < -0.4 is 9.91 Å². The molecule has 1 fully saturated rings. The van der Waals surface area contributed by atoms with Crippen molar-refractivity contribution in [3.05, 3.63) is 63.7 Å². The van der Waals surface area contributed by atoms with Gasteiger partial charge in [0.2, 0.25) is 5.91 Å². The van der Waals surface area contributed by atoms with E-state index in [1.165, 1.54) is 36.2 Å². The normalized spacial score (nSPS) is 20.7. The Morgan fingerprint density at radius 2 is 1.86 bits per heavy atom. The molecule has 146 valence electrons. The highest BCUT2D eigenvalue weighted by atomic mass is 35.5. The molecule has 10 heteroatoms. The quantitative estimate of drug-likeness (QED) is 0.433. The van der Waals surface area contributed by atoms with Gasteiger partial charge in [-0.15, -0.1) is 0 Å². The van der Waals surface area contributed by atoms with Gasteiger partial charge < -0.3 is 0 Å². The Bertz CT molecular complexity index is 1120. The number of fused-ring (bicyclic) bond motifs is 1. The summed E-state index contributed by atoms with van der Waals surface area (Å²) >= 11 is 6.03. The summed E-state index contributed by atoms with van der Waals surface area (Å²) in [5.74, 6) is -3.05. The number of anilines is 2. The molecule has 29 heavy (non-hydrogen) atoms. The van der Waals surface area contributed by atoms with E-state index in [9.17, 15) is 24.5 Å². The fourth-order valence-electron chi connectivity index (χ4n) is 3.58. The zero-order chi connectivity index (χ0) is 20.9. The van der Waals surface area contributed by atoms with E-state index in [4.69, 9.17) is 11.6 Å². The van der Waals surface area contributed by atoms with Crippen LogP contribution in [0.1, 0.15) is 6.92 Å². The van der Waals surface area contributed by atoms with Crippen molar-refractivity contribution < 1.29 is 19.3 Å². The second kappa shape index (κ2) is 6.78. The molecule has 2 aliphatic heterocycles. The summed E-state index contributed by atoms with van der Waals surface area (Å²) in [6, 6.07) is 10.8. The van der Waals surface area contributed by atoms with Crippen molar-refractivity contribution in [2.75, 3.05) is 9.91 Å². The number of nitro groups is 1. The van der Waals surface area contributed by atoms with Gasteiger partial charge in [-0.05, 0) is 24.3 Å². The van der Waals surface area contributed by atoms with Gasteiger partial charge in [0.15, 0.2) is 5.78 Å². The first kappa shape index (κ1) is 18.8. The molecule has 2 heterocycles. The lowest BCUT2D eigenvalue weighted by atomic mass is 9.95. The summed E-state index contributed by atoms with van der Waals surface area (Å²) in [5.41, 5.74) is -0.177. The minimum absolute atomic E-state index is 0.0746. The smallest absolute Gasteiger partial charge is 0.293 e. The number of para-hydroxylation sites is 2. The summed E-state index contributed by atoms with van der Waals surface area (Å²) in [4.78, 5) is 50.0.